The minimum Gasteiger partial charge on any atom is -0.399 e. The lowest BCUT2D eigenvalue weighted by molar-refractivity contribution is -0.137. The molecule has 3 aromatic rings. The second-order valence-corrected chi connectivity index (χ2v) is 8.91. The normalized spacial score (nSPS) is 14.9. The van der Waals surface area contributed by atoms with Gasteiger partial charge in [0.05, 0.1) is 28.1 Å². The van der Waals surface area contributed by atoms with E-state index in [1.54, 1.807) is 47.4 Å². The van der Waals surface area contributed by atoms with Gasteiger partial charge in [-0.25, -0.2) is 0 Å². The monoisotopic (exact) mass is 469 g/mol. The van der Waals surface area contributed by atoms with Crippen molar-refractivity contribution in [3.63, 3.8) is 0 Å². The van der Waals surface area contributed by atoms with Gasteiger partial charge in [-0.2, -0.15) is 13.2 Å². The summed E-state index contributed by atoms with van der Waals surface area (Å²) in [5, 5.41) is 0. The Kier molecular flexibility index (Phi) is 5.08. The molecule has 0 saturated heterocycles. The highest BCUT2D eigenvalue weighted by atomic mass is 32.2. The smallest absolute Gasteiger partial charge is 0.399 e. The van der Waals surface area contributed by atoms with E-state index >= 15 is 0 Å². The fraction of sp³-hybridized carbons (Fsp3) is 0.167. The van der Waals surface area contributed by atoms with Gasteiger partial charge >= 0.3 is 6.18 Å². The Labute approximate surface area is 192 Å². The van der Waals surface area contributed by atoms with Crippen LogP contribution in [0.3, 0.4) is 0 Å². The van der Waals surface area contributed by atoms with Crippen molar-refractivity contribution in [2.75, 3.05) is 23.7 Å². The number of hydrogen-bond donors (Lipinski definition) is 1. The lowest BCUT2D eigenvalue weighted by atomic mass is 10.1. The number of nitrogens with two attached hydrogens (primary N) is 1. The van der Waals surface area contributed by atoms with Crippen LogP contribution in [0.2, 0.25) is 0 Å². The van der Waals surface area contributed by atoms with Crippen LogP contribution < -0.4 is 10.6 Å². The summed E-state index contributed by atoms with van der Waals surface area (Å²) < 4.78 is 40.1. The molecular formula is C24H18F3N3O2S. The van der Waals surface area contributed by atoms with E-state index in [0.717, 1.165) is 22.7 Å². The zero-order chi connectivity index (χ0) is 23.3. The minimum absolute atomic E-state index is 0.161. The number of carbonyl (C=O) groups excluding carboxylic acids is 2. The maximum Gasteiger partial charge on any atom is 0.416 e. The largest absolute Gasteiger partial charge is 0.416 e. The van der Waals surface area contributed by atoms with Crippen molar-refractivity contribution in [3.05, 3.63) is 77.4 Å². The van der Waals surface area contributed by atoms with E-state index in [0.29, 0.717) is 40.4 Å². The summed E-state index contributed by atoms with van der Waals surface area (Å²) in [6.07, 6.45) is -4.08. The first-order valence-corrected chi connectivity index (χ1v) is 11.1. The third-order valence-corrected chi connectivity index (χ3v) is 6.83. The lowest BCUT2D eigenvalue weighted by Gasteiger charge is -2.34. The molecule has 0 aliphatic carbocycles. The lowest BCUT2D eigenvalue weighted by Crippen LogP contribution is -2.33. The molecule has 168 valence electrons. The van der Waals surface area contributed by atoms with Crippen LogP contribution in [0.25, 0.3) is 0 Å². The Morgan fingerprint density at radius 3 is 2.12 bits per heavy atom. The summed E-state index contributed by atoms with van der Waals surface area (Å²) in [5.41, 5.74) is 7.67. The Morgan fingerprint density at radius 1 is 0.788 bits per heavy atom. The van der Waals surface area contributed by atoms with Crippen molar-refractivity contribution in [3.8, 4) is 0 Å². The van der Waals surface area contributed by atoms with Gasteiger partial charge in [-0.3, -0.25) is 14.5 Å². The van der Waals surface area contributed by atoms with Gasteiger partial charge < -0.3 is 10.6 Å². The van der Waals surface area contributed by atoms with Crippen LogP contribution in [-0.4, -0.2) is 29.8 Å². The molecule has 0 fully saturated rings. The topological polar surface area (TPSA) is 66.6 Å². The van der Waals surface area contributed by atoms with Crippen molar-refractivity contribution >= 4 is 40.6 Å². The summed E-state index contributed by atoms with van der Waals surface area (Å²) in [4.78, 5) is 29.8. The fourth-order valence-electron chi connectivity index (χ4n) is 4.14. The number of halogens is 3. The van der Waals surface area contributed by atoms with Crippen LogP contribution in [-0.2, 0) is 6.18 Å². The molecule has 2 aliphatic heterocycles. The number of hydrogen-bond acceptors (Lipinski definition) is 5. The van der Waals surface area contributed by atoms with E-state index < -0.39 is 11.7 Å². The number of fused-ring (bicyclic) bond motifs is 3. The van der Waals surface area contributed by atoms with Gasteiger partial charge in [0.1, 0.15) is 0 Å². The van der Waals surface area contributed by atoms with Gasteiger partial charge in [-0.1, -0.05) is 23.9 Å². The summed E-state index contributed by atoms with van der Waals surface area (Å²) in [7, 11) is 0. The third kappa shape index (κ3) is 3.72. The minimum atomic E-state index is -4.47. The van der Waals surface area contributed by atoms with E-state index in [-0.39, 0.29) is 18.4 Å². The predicted octanol–water partition coefficient (Wildman–Crippen LogP) is 5.58. The van der Waals surface area contributed by atoms with Crippen molar-refractivity contribution in [1.29, 1.82) is 0 Å². The van der Waals surface area contributed by atoms with Crippen molar-refractivity contribution in [1.82, 2.24) is 4.90 Å². The molecule has 0 spiro atoms. The quantitative estimate of drug-likeness (QED) is 0.399. The molecule has 0 saturated carbocycles. The average molecular weight is 469 g/mol. The molecule has 0 unspecified atom stereocenters. The Hall–Kier alpha value is -3.46. The molecule has 2 heterocycles. The zero-order valence-electron chi connectivity index (χ0n) is 17.2. The van der Waals surface area contributed by atoms with Gasteiger partial charge in [-0.05, 0) is 55.0 Å². The molecule has 0 radical (unpaired) electrons. The van der Waals surface area contributed by atoms with Gasteiger partial charge in [0, 0.05) is 28.6 Å². The molecule has 0 atom stereocenters. The Bertz CT molecular complexity index is 1260. The highest BCUT2D eigenvalue weighted by Crippen LogP contribution is 2.50. The first-order chi connectivity index (χ1) is 15.7. The molecule has 5 nitrogen and oxygen atoms in total. The van der Waals surface area contributed by atoms with Crippen molar-refractivity contribution < 1.29 is 22.8 Å². The Morgan fingerprint density at radius 2 is 1.45 bits per heavy atom. The van der Waals surface area contributed by atoms with E-state index in [2.05, 4.69) is 0 Å². The number of alkyl halides is 3. The highest BCUT2D eigenvalue weighted by molar-refractivity contribution is 7.99. The molecule has 0 aromatic heterocycles. The van der Waals surface area contributed by atoms with Gasteiger partial charge in [0.2, 0.25) is 0 Å². The van der Waals surface area contributed by atoms with Crippen LogP contribution in [0, 0.1) is 0 Å². The summed E-state index contributed by atoms with van der Waals surface area (Å²) in [6.45, 7) is 0.480. The molecule has 5 rings (SSSR count). The van der Waals surface area contributed by atoms with Crippen LogP contribution in [0.15, 0.2) is 70.5 Å². The molecule has 2 amide bonds. The molecule has 2 aliphatic rings. The summed E-state index contributed by atoms with van der Waals surface area (Å²) in [5.74, 6) is -0.699. The van der Waals surface area contributed by atoms with E-state index in [1.165, 1.54) is 22.7 Å². The maximum atomic E-state index is 13.4. The second kappa shape index (κ2) is 7.84. The van der Waals surface area contributed by atoms with Crippen LogP contribution in [0.5, 0.6) is 0 Å². The van der Waals surface area contributed by atoms with Gasteiger partial charge in [0.25, 0.3) is 11.8 Å². The number of nitrogen functional groups attached to an aromatic ring is 1. The molecule has 9 heteroatoms. The molecule has 3 aromatic carbocycles. The first kappa shape index (κ1) is 21.4. The number of nitrogens with zero attached hydrogens (tertiary/aromatic N) is 2. The second-order valence-electron chi connectivity index (χ2n) is 7.82. The molecule has 2 N–H and O–H groups in total. The standard InChI is InChI=1S/C24H18F3N3O2S/c25-24(26,27)14-6-9-20-19(12-14)29(18-8-7-15(28)13-21(18)33-20)10-3-11-30-22(31)16-4-1-2-5-17(16)23(30)32/h1-2,4-9,12-13H,3,10-11,28H2. The molecular weight excluding hydrogens is 451 g/mol. The maximum absolute atomic E-state index is 13.4. The zero-order valence-corrected chi connectivity index (χ0v) is 18.0. The molecule has 0 bridgehead atoms. The van der Waals surface area contributed by atoms with Crippen LogP contribution in [0.1, 0.15) is 32.7 Å². The summed E-state index contributed by atoms with van der Waals surface area (Å²) >= 11 is 1.36. The van der Waals surface area contributed by atoms with Crippen molar-refractivity contribution in [2.24, 2.45) is 0 Å². The number of rotatable bonds is 4. The van der Waals surface area contributed by atoms with E-state index in [9.17, 15) is 22.8 Å². The van der Waals surface area contributed by atoms with E-state index in [4.69, 9.17) is 5.73 Å². The van der Waals surface area contributed by atoms with Crippen LogP contribution >= 0.6 is 11.8 Å². The number of carbonyl (C=O) groups is 2. The third-order valence-electron chi connectivity index (χ3n) is 5.71. The number of imide groups is 1. The van der Waals surface area contributed by atoms with Gasteiger partial charge in [-0.15, -0.1) is 0 Å². The van der Waals surface area contributed by atoms with Gasteiger partial charge in [0.15, 0.2) is 0 Å². The molecule has 33 heavy (non-hydrogen) atoms. The van der Waals surface area contributed by atoms with E-state index in [1.807, 2.05) is 0 Å². The highest BCUT2D eigenvalue weighted by Gasteiger charge is 2.36. The SMILES string of the molecule is Nc1ccc2c(c1)Sc1ccc(C(F)(F)F)cc1N2CCCN1C(=O)c2ccccc2C1=O. The number of anilines is 3. The number of benzene rings is 3. The Balaban J connectivity index is 1.42. The summed E-state index contributed by atoms with van der Waals surface area (Å²) in [6, 6.07) is 15.6. The fourth-order valence-corrected chi connectivity index (χ4v) is 5.27. The average Bonchev–Trinajstić information content (AvgIpc) is 3.02. The number of amides is 2. The predicted molar refractivity (Wildman–Crippen MR) is 120 cm³/mol. The van der Waals surface area contributed by atoms with Crippen LogP contribution in [0.4, 0.5) is 30.2 Å². The first-order valence-electron chi connectivity index (χ1n) is 10.3. The van der Waals surface area contributed by atoms with Crippen molar-refractivity contribution in [2.45, 2.75) is 22.4 Å².